The van der Waals surface area contributed by atoms with Crippen molar-refractivity contribution < 1.29 is 0 Å². The molecule has 0 saturated heterocycles. The SMILES string of the molecule is CCCCCCCN(CCCN)c1ccccc1. The third kappa shape index (κ3) is 6.06. The van der Waals surface area contributed by atoms with Gasteiger partial charge in [0.25, 0.3) is 0 Å². The Labute approximate surface area is 112 Å². The molecular weight excluding hydrogens is 220 g/mol. The molecule has 2 N–H and O–H groups in total. The summed E-state index contributed by atoms with van der Waals surface area (Å²) in [5, 5.41) is 0. The van der Waals surface area contributed by atoms with Crippen LogP contribution in [0.4, 0.5) is 5.69 Å². The molecular formula is C16H28N2. The molecule has 0 aliphatic rings. The fourth-order valence-electron chi connectivity index (χ4n) is 2.20. The molecule has 2 nitrogen and oxygen atoms in total. The molecule has 0 amide bonds. The summed E-state index contributed by atoms with van der Waals surface area (Å²) in [6.07, 6.45) is 7.77. The molecule has 0 aliphatic carbocycles. The summed E-state index contributed by atoms with van der Waals surface area (Å²) in [4.78, 5) is 2.47. The van der Waals surface area contributed by atoms with Crippen molar-refractivity contribution in [3.05, 3.63) is 30.3 Å². The van der Waals surface area contributed by atoms with E-state index in [9.17, 15) is 0 Å². The average molecular weight is 248 g/mol. The van der Waals surface area contributed by atoms with Crippen LogP contribution in [0.3, 0.4) is 0 Å². The summed E-state index contributed by atoms with van der Waals surface area (Å²) < 4.78 is 0. The molecule has 0 spiro atoms. The van der Waals surface area contributed by atoms with Crippen LogP contribution < -0.4 is 10.6 Å². The Bertz CT molecular complexity index is 284. The van der Waals surface area contributed by atoms with E-state index in [4.69, 9.17) is 5.73 Å². The molecule has 0 bridgehead atoms. The Kier molecular flexibility index (Phi) is 8.32. The van der Waals surface area contributed by atoms with Gasteiger partial charge < -0.3 is 10.6 Å². The van der Waals surface area contributed by atoms with E-state index in [1.807, 2.05) is 0 Å². The standard InChI is InChI=1S/C16H28N2/c1-2-3-4-5-9-14-18(15-10-13-17)16-11-7-6-8-12-16/h6-8,11-12H,2-5,9-10,13-15,17H2,1H3. The predicted octanol–water partition coefficient (Wildman–Crippen LogP) is 3.81. The van der Waals surface area contributed by atoms with Crippen molar-refractivity contribution in [3.63, 3.8) is 0 Å². The summed E-state index contributed by atoms with van der Waals surface area (Å²) in [6.45, 7) is 5.28. The minimum Gasteiger partial charge on any atom is -0.371 e. The molecule has 0 radical (unpaired) electrons. The molecule has 1 aromatic carbocycles. The van der Waals surface area contributed by atoms with Crippen molar-refractivity contribution in [1.82, 2.24) is 0 Å². The fourth-order valence-corrected chi connectivity index (χ4v) is 2.20. The van der Waals surface area contributed by atoms with Crippen LogP contribution in [0.15, 0.2) is 30.3 Å². The van der Waals surface area contributed by atoms with Gasteiger partial charge in [-0.25, -0.2) is 0 Å². The van der Waals surface area contributed by atoms with Gasteiger partial charge in [-0.2, -0.15) is 0 Å². The van der Waals surface area contributed by atoms with Crippen molar-refractivity contribution in [2.45, 2.75) is 45.4 Å². The van der Waals surface area contributed by atoms with Crippen molar-refractivity contribution in [2.75, 3.05) is 24.5 Å². The molecule has 0 unspecified atom stereocenters. The quantitative estimate of drug-likeness (QED) is 0.638. The van der Waals surface area contributed by atoms with Gasteiger partial charge in [0.15, 0.2) is 0 Å². The highest BCUT2D eigenvalue weighted by molar-refractivity contribution is 5.45. The first-order valence-electron chi connectivity index (χ1n) is 7.38. The maximum Gasteiger partial charge on any atom is 0.0366 e. The number of nitrogens with two attached hydrogens (primary N) is 1. The van der Waals surface area contributed by atoms with E-state index >= 15 is 0 Å². The lowest BCUT2D eigenvalue weighted by atomic mass is 10.1. The van der Waals surface area contributed by atoms with E-state index in [0.29, 0.717) is 0 Å². The van der Waals surface area contributed by atoms with Gasteiger partial charge in [0.2, 0.25) is 0 Å². The average Bonchev–Trinajstić information content (AvgIpc) is 2.43. The number of benzene rings is 1. The molecule has 0 aliphatic heterocycles. The Morgan fingerprint density at radius 2 is 1.56 bits per heavy atom. The molecule has 0 atom stereocenters. The summed E-state index contributed by atoms with van der Waals surface area (Å²) in [6, 6.07) is 10.7. The van der Waals surface area contributed by atoms with Crippen LogP contribution in [0.2, 0.25) is 0 Å². The monoisotopic (exact) mass is 248 g/mol. The van der Waals surface area contributed by atoms with Crippen molar-refractivity contribution in [3.8, 4) is 0 Å². The zero-order chi connectivity index (χ0) is 13.1. The Balaban J connectivity index is 2.36. The van der Waals surface area contributed by atoms with E-state index in [0.717, 1.165) is 26.1 Å². The predicted molar refractivity (Wildman–Crippen MR) is 81.1 cm³/mol. The van der Waals surface area contributed by atoms with E-state index in [-0.39, 0.29) is 0 Å². The fraction of sp³-hybridized carbons (Fsp3) is 0.625. The molecule has 18 heavy (non-hydrogen) atoms. The molecule has 2 heteroatoms. The maximum absolute atomic E-state index is 5.62. The smallest absolute Gasteiger partial charge is 0.0366 e. The third-order valence-corrected chi connectivity index (χ3v) is 3.29. The summed E-state index contributed by atoms with van der Waals surface area (Å²) in [5.41, 5.74) is 6.96. The Morgan fingerprint density at radius 3 is 2.22 bits per heavy atom. The van der Waals surface area contributed by atoms with Crippen LogP contribution in [-0.4, -0.2) is 19.6 Å². The first-order valence-corrected chi connectivity index (χ1v) is 7.38. The zero-order valence-electron chi connectivity index (χ0n) is 11.8. The van der Waals surface area contributed by atoms with Gasteiger partial charge in [-0.15, -0.1) is 0 Å². The van der Waals surface area contributed by atoms with Crippen LogP contribution in [0.25, 0.3) is 0 Å². The minimum atomic E-state index is 0.777. The molecule has 102 valence electrons. The molecule has 0 aromatic heterocycles. The van der Waals surface area contributed by atoms with Gasteiger partial charge in [0.05, 0.1) is 0 Å². The topological polar surface area (TPSA) is 29.3 Å². The number of hydrogen-bond acceptors (Lipinski definition) is 2. The van der Waals surface area contributed by atoms with Crippen LogP contribution in [0, 0.1) is 0 Å². The highest BCUT2D eigenvalue weighted by Crippen LogP contribution is 2.15. The number of unbranched alkanes of at least 4 members (excludes halogenated alkanes) is 4. The molecule has 1 aromatic rings. The number of anilines is 1. The first-order chi connectivity index (χ1) is 8.88. The number of hydrogen-bond donors (Lipinski definition) is 1. The summed E-state index contributed by atoms with van der Waals surface area (Å²) >= 11 is 0. The molecule has 0 saturated carbocycles. The second kappa shape index (κ2) is 9.95. The number of para-hydroxylation sites is 1. The third-order valence-electron chi connectivity index (χ3n) is 3.29. The van der Waals surface area contributed by atoms with Crippen LogP contribution in [0.5, 0.6) is 0 Å². The van der Waals surface area contributed by atoms with E-state index in [1.165, 1.54) is 37.8 Å². The van der Waals surface area contributed by atoms with Crippen molar-refractivity contribution >= 4 is 5.69 Å². The Morgan fingerprint density at radius 1 is 0.889 bits per heavy atom. The largest absolute Gasteiger partial charge is 0.371 e. The second-order valence-corrected chi connectivity index (χ2v) is 4.88. The van der Waals surface area contributed by atoms with Gasteiger partial charge in [-0.3, -0.25) is 0 Å². The number of rotatable bonds is 10. The van der Waals surface area contributed by atoms with Gasteiger partial charge in [-0.1, -0.05) is 50.8 Å². The minimum absolute atomic E-state index is 0.777. The van der Waals surface area contributed by atoms with E-state index in [1.54, 1.807) is 0 Å². The first kappa shape index (κ1) is 15.0. The maximum atomic E-state index is 5.62. The Hall–Kier alpha value is -1.02. The lowest BCUT2D eigenvalue weighted by Gasteiger charge is -2.24. The normalized spacial score (nSPS) is 10.6. The lowest BCUT2D eigenvalue weighted by molar-refractivity contribution is 0.612. The van der Waals surface area contributed by atoms with Gasteiger partial charge in [0, 0.05) is 18.8 Å². The molecule has 0 heterocycles. The van der Waals surface area contributed by atoms with Crippen LogP contribution >= 0.6 is 0 Å². The van der Waals surface area contributed by atoms with Crippen LogP contribution in [-0.2, 0) is 0 Å². The van der Waals surface area contributed by atoms with E-state index < -0.39 is 0 Å². The lowest BCUT2D eigenvalue weighted by Crippen LogP contribution is -2.27. The summed E-state index contributed by atoms with van der Waals surface area (Å²) in [5.74, 6) is 0. The van der Waals surface area contributed by atoms with Crippen molar-refractivity contribution in [1.29, 1.82) is 0 Å². The molecule has 0 fully saturated rings. The van der Waals surface area contributed by atoms with Gasteiger partial charge >= 0.3 is 0 Å². The highest BCUT2D eigenvalue weighted by Gasteiger charge is 2.04. The highest BCUT2D eigenvalue weighted by atomic mass is 15.1. The molecule has 1 rings (SSSR count). The van der Waals surface area contributed by atoms with E-state index in [2.05, 4.69) is 42.2 Å². The van der Waals surface area contributed by atoms with Crippen molar-refractivity contribution in [2.24, 2.45) is 5.73 Å². The zero-order valence-corrected chi connectivity index (χ0v) is 11.8. The van der Waals surface area contributed by atoms with Crippen LogP contribution in [0.1, 0.15) is 45.4 Å². The number of nitrogens with zero attached hydrogens (tertiary/aromatic N) is 1. The van der Waals surface area contributed by atoms with Gasteiger partial charge in [-0.05, 0) is 31.5 Å². The summed E-state index contributed by atoms with van der Waals surface area (Å²) in [7, 11) is 0. The van der Waals surface area contributed by atoms with Gasteiger partial charge in [0.1, 0.15) is 0 Å². The second-order valence-electron chi connectivity index (χ2n) is 4.88.